The van der Waals surface area contributed by atoms with Gasteiger partial charge in [0.25, 0.3) is 0 Å². The van der Waals surface area contributed by atoms with E-state index in [0.717, 1.165) is 39.7 Å². The predicted octanol–water partition coefficient (Wildman–Crippen LogP) is 5.13. The largest absolute Gasteiger partial charge is 0.481 e. The number of nitrogens with zero attached hydrogens (tertiary/aromatic N) is 4. The van der Waals surface area contributed by atoms with Crippen LogP contribution < -0.4 is 15.5 Å². The molecule has 2 aliphatic rings. The van der Waals surface area contributed by atoms with Crippen molar-refractivity contribution >= 4 is 44.6 Å². The van der Waals surface area contributed by atoms with Gasteiger partial charge in [0, 0.05) is 49.1 Å². The Labute approximate surface area is 226 Å². The molecule has 3 heterocycles. The van der Waals surface area contributed by atoms with Crippen LogP contribution >= 0.6 is 11.3 Å². The second-order valence-corrected chi connectivity index (χ2v) is 11.2. The Morgan fingerprint density at radius 1 is 1.16 bits per heavy atom. The van der Waals surface area contributed by atoms with Crippen LogP contribution in [0.25, 0.3) is 21.3 Å². The van der Waals surface area contributed by atoms with E-state index in [9.17, 15) is 14.7 Å². The summed E-state index contributed by atoms with van der Waals surface area (Å²) in [6, 6.07) is 3.75. The summed E-state index contributed by atoms with van der Waals surface area (Å²) in [6.07, 6.45) is 9.44. The molecular formula is C28H32N6O3S. The summed E-state index contributed by atoms with van der Waals surface area (Å²) in [5, 5.41) is 15.6. The Hall–Kier alpha value is -3.71. The van der Waals surface area contributed by atoms with Crippen molar-refractivity contribution in [3.05, 3.63) is 30.1 Å². The maximum Gasteiger partial charge on any atom is 0.321 e. The van der Waals surface area contributed by atoms with Gasteiger partial charge >= 0.3 is 12.0 Å². The summed E-state index contributed by atoms with van der Waals surface area (Å²) in [4.78, 5) is 39.5. The van der Waals surface area contributed by atoms with Crippen molar-refractivity contribution in [2.24, 2.45) is 11.3 Å². The topological polar surface area (TPSA) is 120 Å². The van der Waals surface area contributed by atoms with E-state index in [1.807, 2.05) is 17.9 Å². The summed E-state index contributed by atoms with van der Waals surface area (Å²) in [5.74, 6) is 7.14. The molecule has 5 rings (SSSR count). The van der Waals surface area contributed by atoms with Gasteiger partial charge in [0.2, 0.25) is 5.95 Å². The van der Waals surface area contributed by atoms with Gasteiger partial charge in [-0.3, -0.25) is 10.1 Å². The number of carboxylic acid groups (broad SMARTS) is 1. The summed E-state index contributed by atoms with van der Waals surface area (Å²) in [7, 11) is 0. The molecule has 1 saturated carbocycles. The van der Waals surface area contributed by atoms with Gasteiger partial charge in [-0.25, -0.2) is 19.7 Å². The Morgan fingerprint density at radius 2 is 1.87 bits per heavy atom. The van der Waals surface area contributed by atoms with Crippen molar-refractivity contribution in [1.29, 1.82) is 0 Å². The van der Waals surface area contributed by atoms with Gasteiger partial charge < -0.3 is 15.3 Å². The highest BCUT2D eigenvalue weighted by atomic mass is 32.1. The van der Waals surface area contributed by atoms with E-state index in [-0.39, 0.29) is 6.03 Å². The maximum atomic E-state index is 12.1. The lowest BCUT2D eigenvalue weighted by atomic mass is 9.80. The summed E-state index contributed by atoms with van der Waals surface area (Å²) < 4.78 is 0.943. The normalized spacial score (nSPS) is 17.2. The van der Waals surface area contributed by atoms with Crippen LogP contribution in [0.4, 0.5) is 15.9 Å². The zero-order valence-corrected chi connectivity index (χ0v) is 22.5. The number of urea groups is 1. The quantitative estimate of drug-likeness (QED) is 0.390. The van der Waals surface area contributed by atoms with Gasteiger partial charge in [0.05, 0.1) is 15.6 Å². The number of hydrogen-bond acceptors (Lipinski definition) is 7. The molecule has 0 unspecified atom stereocenters. The summed E-state index contributed by atoms with van der Waals surface area (Å²) >= 11 is 1.42. The lowest BCUT2D eigenvalue weighted by Crippen LogP contribution is -2.43. The number of anilines is 2. The van der Waals surface area contributed by atoms with E-state index in [2.05, 4.69) is 43.5 Å². The number of benzene rings is 1. The molecular weight excluding hydrogens is 500 g/mol. The van der Waals surface area contributed by atoms with Crippen LogP contribution in [0.5, 0.6) is 0 Å². The third-order valence-electron chi connectivity index (χ3n) is 7.45. The fraction of sp³-hybridized carbons (Fsp3) is 0.464. The van der Waals surface area contributed by atoms with E-state index in [1.54, 1.807) is 19.3 Å². The molecule has 0 spiro atoms. The first kappa shape index (κ1) is 25.9. The third-order valence-corrected chi connectivity index (χ3v) is 8.47. The summed E-state index contributed by atoms with van der Waals surface area (Å²) in [6.45, 7) is 5.41. The maximum absolute atomic E-state index is 12.1. The zero-order chi connectivity index (χ0) is 26.7. The van der Waals surface area contributed by atoms with Crippen molar-refractivity contribution in [3.8, 4) is 23.0 Å². The number of fused-ring (bicyclic) bond motifs is 1. The molecule has 2 amide bonds. The number of piperidine rings is 1. The monoisotopic (exact) mass is 532 g/mol. The molecule has 2 aromatic heterocycles. The molecule has 10 heteroatoms. The number of aromatic nitrogens is 3. The minimum atomic E-state index is -0.748. The van der Waals surface area contributed by atoms with Crippen LogP contribution in [0.3, 0.4) is 0 Å². The molecule has 198 valence electrons. The Balaban J connectivity index is 1.42. The van der Waals surface area contributed by atoms with Gasteiger partial charge in [-0.1, -0.05) is 36.0 Å². The minimum absolute atomic E-state index is 0.282. The molecule has 9 nitrogen and oxygen atoms in total. The average Bonchev–Trinajstić information content (AvgIpc) is 3.57. The van der Waals surface area contributed by atoms with Crippen LogP contribution in [-0.4, -0.2) is 51.7 Å². The Morgan fingerprint density at radius 3 is 2.53 bits per heavy atom. The number of carboxylic acids is 1. The molecule has 1 aliphatic carbocycles. The van der Waals surface area contributed by atoms with Gasteiger partial charge in [-0.05, 0) is 57.2 Å². The van der Waals surface area contributed by atoms with Gasteiger partial charge in [-0.2, -0.15) is 0 Å². The van der Waals surface area contributed by atoms with Crippen molar-refractivity contribution in [1.82, 2.24) is 20.3 Å². The number of aliphatic carboxylic acids is 1. The fourth-order valence-corrected chi connectivity index (χ4v) is 5.86. The highest BCUT2D eigenvalue weighted by Gasteiger charge is 2.37. The minimum Gasteiger partial charge on any atom is -0.481 e. The standard InChI is InChI=1S/C28H32N6O3S/c1-3-29-26(37)33-27-32-22-15-20(14-19(23(22)38-27)9-8-18-6-4-5-7-18)21-16-30-25(31-17-21)34-12-10-28(2,11-13-34)24(35)36/h14-18H,3-7,10-13H2,1-2H3,(H,35,36)(H2,29,32,33,37). The first-order chi connectivity index (χ1) is 18.3. The zero-order valence-electron chi connectivity index (χ0n) is 21.7. The molecule has 1 saturated heterocycles. The molecule has 38 heavy (non-hydrogen) atoms. The Bertz CT molecular complexity index is 1390. The number of carbonyl (C=O) groups excluding carboxylic acids is 1. The second kappa shape index (κ2) is 11.0. The first-order valence-electron chi connectivity index (χ1n) is 13.2. The van der Waals surface area contributed by atoms with Crippen molar-refractivity contribution in [3.63, 3.8) is 0 Å². The van der Waals surface area contributed by atoms with E-state index in [1.165, 1.54) is 24.2 Å². The highest BCUT2D eigenvalue weighted by Crippen LogP contribution is 2.35. The average molecular weight is 533 g/mol. The van der Waals surface area contributed by atoms with E-state index in [0.29, 0.717) is 49.5 Å². The number of hydrogen-bond donors (Lipinski definition) is 3. The van der Waals surface area contributed by atoms with Crippen LogP contribution in [0.2, 0.25) is 0 Å². The van der Waals surface area contributed by atoms with E-state index >= 15 is 0 Å². The molecule has 2 fully saturated rings. The van der Waals surface area contributed by atoms with Crippen LogP contribution in [-0.2, 0) is 4.79 Å². The van der Waals surface area contributed by atoms with E-state index < -0.39 is 11.4 Å². The molecule has 0 bridgehead atoms. The third kappa shape index (κ3) is 5.58. The summed E-state index contributed by atoms with van der Waals surface area (Å²) in [5.41, 5.74) is 2.71. The Kier molecular flexibility index (Phi) is 7.47. The molecule has 3 aromatic rings. The molecule has 1 aromatic carbocycles. The SMILES string of the molecule is CCNC(=O)Nc1nc2cc(-c3cnc(N4CCC(C)(C(=O)O)CC4)nc3)cc(C#CC3CCCC3)c2s1. The first-order valence-corrected chi connectivity index (χ1v) is 14.0. The van der Waals surface area contributed by atoms with E-state index in [4.69, 9.17) is 0 Å². The van der Waals surface area contributed by atoms with Crippen LogP contribution in [0.15, 0.2) is 24.5 Å². The van der Waals surface area contributed by atoms with Gasteiger partial charge in [-0.15, -0.1) is 0 Å². The molecule has 3 N–H and O–H groups in total. The predicted molar refractivity (Wildman–Crippen MR) is 149 cm³/mol. The second-order valence-electron chi connectivity index (χ2n) is 10.3. The fourth-order valence-electron chi connectivity index (χ4n) is 4.95. The molecule has 0 radical (unpaired) electrons. The highest BCUT2D eigenvalue weighted by molar-refractivity contribution is 7.22. The van der Waals surface area contributed by atoms with Crippen LogP contribution in [0.1, 0.15) is 57.9 Å². The van der Waals surface area contributed by atoms with Crippen LogP contribution in [0, 0.1) is 23.2 Å². The van der Waals surface area contributed by atoms with Gasteiger partial charge in [0.15, 0.2) is 5.13 Å². The lowest BCUT2D eigenvalue weighted by Gasteiger charge is -2.36. The molecule has 1 aliphatic heterocycles. The number of thiazole rings is 1. The number of nitrogens with one attached hydrogen (secondary N) is 2. The van der Waals surface area contributed by atoms with Gasteiger partial charge in [0.1, 0.15) is 0 Å². The van der Waals surface area contributed by atoms with Crippen molar-refractivity contribution in [2.45, 2.75) is 52.4 Å². The van der Waals surface area contributed by atoms with Crippen molar-refractivity contribution in [2.75, 3.05) is 29.9 Å². The number of amides is 2. The van der Waals surface area contributed by atoms with Crippen molar-refractivity contribution < 1.29 is 14.7 Å². The molecule has 0 atom stereocenters. The number of rotatable bonds is 5. The number of carbonyl (C=O) groups is 2. The lowest BCUT2D eigenvalue weighted by molar-refractivity contribution is -0.149. The smallest absolute Gasteiger partial charge is 0.321 e.